The van der Waals surface area contributed by atoms with E-state index in [2.05, 4.69) is 10.3 Å². The van der Waals surface area contributed by atoms with E-state index in [0.717, 1.165) is 5.56 Å². The van der Waals surface area contributed by atoms with Gasteiger partial charge in [-0.2, -0.15) is 0 Å². The molecular weight excluding hydrogens is 244 g/mol. The maximum Gasteiger partial charge on any atom is 0.255 e. The average Bonchev–Trinajstić information content (AvgIpc) is 2.39. The first-order valence-corrected chi connectivity index (χ1v) is 5.84. The zero-order valence-electron chi connectivity index (χ0n) is 10.4. The third-order valence-electron chi connectivity index (χ3n) is 2.69. The van der Waals surface area contributed by atoms with Gasteiger partial charge in [0, 0.05) is 23.5 Å². The van der Waals surface area contributed by atoms with Gasteiger partial charge in [0.25, 0.3) is 5.91 Å². The molecule has 1 heterocycles. The molecule has 1 aromatic carbocycles. The van der Waals surface area contributed by atoms with Gasteiger partial charge in [-0.1, -0.05) is 12.1 Å². The summed E-state index contributed by atoms with van der Waals surface area (Å²) in [6.45, 7) is 1.67. The van der Waals surface area contributed by atoms with Crippen LogP contribution >= 0.6 is 0 Å². The molecule has 3 N–H and O–H groups in total. The number of hydrogen-bond donors (Lipinski definition) is 3. The van der Waals surface area contributed by atoms with Crippen LogP contribution < -0.4 is 10.9 Å². The summed E-state index contributed by atoms with van der Waals surface area (Å²) in [6.07, 6.45) is 0.880. The van der Waals surface area contributed by atoms with Crippen LogP contribution in [0.5, 0.6) is 0 Å². The maximum absolute atomic E-state index is 11.9. The minimum Gasteiger partial charge on any atom is -0.389 e. The van der Waals surface area contributed by atoms with Crippen LogP contribution in [0, 0.1) is 0 Å². The van der Waals surface area contributed by atoms with E-state index in [-0.39, 0.29) is 11.5 Å². The monoisotopic (exact) mass is 258 g/mol. The van der Waals surface area contributed by atoms with Crippen LogP contribution in [-0.2, 0) is 0 Å². The van der Waals surface area contributed by atoms with Crippen molar-refractivity contribution in [3.8, 4) is 0 Å². The largest absolute Gasteiger partial charge is 0.389 e. The fraction of sp³-hybridized carbons (Fsp3) is 0.143. The third kappa shape index (κ3) is 3.29. The van der Waals surface area contributed by atoms with Gasteiger partial charge < -0.3 is 15.4 Å². The van der Waals surface area contributed by atoms with Gasteiger partial charge in [-0.25, -0.2) is 0 Å². The number of aliphatic hydroxyl groups is 1. The van der Waals surface area contributed by atoms with Gasteiger partial charge in [0.2, 0.25) is 5.56 Å². The van der Waals surface area contributed by atoms with E-state index in [9.17, 15) is 14.7 Å². The van der Waals surface area contributed by atoms with Crippen molar-refractivity contribution < 1.29 is 9.90 Å². The van der Waals surface area contributed by atoms with Crippen LogP contribution in [0.3, 0.4) is 0 Å². The number of carbonyl (C=O) groups is 1. The molecule has 1 unspecified atom stereocenters. The van der Waals surface area contributed by atoms with Crippen molar-refractivity contribution in [1.82, 2.24) is 4.98 Å². The first-order chi connectivity index (χ1) is 9.06. The van der Waals surface area contributed by atoms with Gasteiger partial charge >= 0.3 is 0 Å². The predicted octanol–water partition coefficient (Wildman–Crippen LogP) is 1.68. The zero-order chi connectivity index (χ0) is 13.8. The highest BCUT2D eigenvalue weighted by Crippen LogP contribution is 2.16. The Kier molecular flexibility index (Phi) is 3.77. The second-order valence-electron chi connectivity index (χ2n) is 4.19. The highest BCUT2D eigenvalue weighted by molar-refractivity contribution is 6.04. The maximum atomic E-state index is 11.9. The Labute approximate surface area is 109 Å². The third-order valence-corrected chi connectivity index (χ3v) is 2.69. The Morgan fingerprint density at radius 1 is 1.26 bits per heavy atom. The molecule has 19 heavy (non-hydrogen) atoms. The number of nitrogens with one attached hydrogen (secondary N) is 2. The molecule has 0 fully saturated rings. The average molecular weight is 258 g/mol. The van der Waals surface area contributed by atoms with Crippen molar-refractivity contribution in [1.29, 1.82) is 0 Å². The topological polar surface area (TPSA) is 82.2 Å². The Morgan fingerprint density at radius 2 is 1.95 bits per heavy atom. The quantitative estimate of drug-likeness (QED) is 0.783. The van der Waals surface area contributed by atoms with E-state index >= 15 is 0 Å². The van der Waals surface area contributed by atoms with E-state index in [1.165, 1.54) is 18.3 Å². The lowest BCUT2D eigenvalue weighted by molar-refractivity contribution is 0.102. The normalized spacial score (nSPS) is 11.9. The van der Waals surface area contributed by atoms with Crippen molar-refractivity contribution in [3.63, 3.8) is 0 Å². The lowest BCUT2D eigenvalue weighted by atomic mass is 10.1. The molecule has 1 atom stereocenters. The second kappa shape index (κ2) is 5.49. The molecule has 0 bridgehead atoms. The smallest absolute Gasteiger partial charge is 0.255 e. The minimum absolute atomic E-state index is 0.295. The van der Waals surface area contributed by atoms with Crippen molar-refractivity contribution in [2.75, 3.05) is 5.32 Å². The molecule has 0 radical (unpaired) electrons. The van der Waals surface area contributed by atoms with E-state index < -0.39 is 6.10 Å². The molecule has 5 nitrogen and oxygen atoms in total. The molecule has 98 valence electrons. The molecular formula is C14H14N2O3. The lowest BCUT2D eigenvalue weighted by Gasteiger charge is -2.07. The summed E-state index contributed by atoms with van der Waals surface area (Å²) in [5, 5.41) is 12.1. The van der Waals surface area contributed by atoms with Crippen LogP contribution in [0.25, 0.3) is 0 Å². The lowest BCUT2D eigenvalue weighted by Crippen LogP contribution is -2.15. The predicted molar refractivity (Wildman–Crippen MR) is 72.1 cm³/mol. The second-order valence-corrected chi connectivity index (χ2v) is 4.19. The van der Waals surface area contributed by atoms with Crippen molar-refractivity contribution in [2.24, 2.45) is 0 Å². The number of rotatable bonds is 3. The number of amides is 1. The molecule has 1 amide bonds. The summed E-state index contributed by atoms with van der Waals surface area (Å²) in [6, 6.07) is 9.64. The first-order valence-electron chi connectivity index (χ1n) is 5.84. The fourth-order valence-electron chi connectivity index (χ4n) is 1.63. The van der Waals surface area contributed by atoms with Gasteiger partial charge in [-0.3, -0.25) is 9.59 Å². The summed E-state index contributed by atoms with van der Waals surface area (Å²) >= 11 is 0. The highest BCUT2D eigenvalue weighted by atomic mass is 16.3. The number of H-pyrrole nitrogens is 1. The number of anilines is 1. The van der Waals surface area contributed by atoms with Crippen LogP contribution in [0.4, 0.5) is 5.69 Å². The van der Waals surface area contributed by atoms with E-state index in [1.807, 2.05) is 0 Å². The van der Waals surface area contributed by atoms with Crippen LogP contribution in [0.1, 0.15) is 28.9 Å². The molecule has 2 aromatic rings. The molecule has 0 aliphatic rings. The highest BCUT2D eigenvalue weighted by Gasteiger charge is 2.07. The molecule has 0 saturated carbocycles. The summed E-state index contributed by atoms with van der Waals surface area (Å²) in [5.74, 6) is -0.351. The van der Waals surface area contributed by atoms with E-state index in [4.69, 9.17) is 0 Å². The van der Waals surface area contributed by atoms with Crippen molar-refractivity contribution >= 4 is 11.6 Å². The number of carbonyl (C=O) groups excluding carboxylic acids is 1. The Bertz CT molecular complexity index is 630. The van der Waals surface area contributed by atoms with Crippen molar-refractivity contribution in [2.45, 2.75) is 13.0 Å². The molecule has 0 spiro atoms. The number of hydrogen-bond acceptors (Lipinski definition) is 3. The standard InChI is InChI=1S/C14H14N2O3/c1-9(17)10-2-4-12(5-3-10)16-14(19)11-6-7-15-13(18)8-11/h2-9,17H,1H3,(H,15,18)(H,16,19). The fourth-order valence-corrected chi connectivity index (χ4v) is 1.63. The molecule has 0 saturated heterocycles. The van der Waals surface area contributed by atoms with Gasteiger partial charge in [0.1, 0.15) is 0 Å². The summed E-state index contributed by atoms with van der Waals surface area (Å²) in [4.78, 5) is 25.4. The van der Waals surface area contributed by atoms with Gasteiger partial charge in [-0.05, 0) is 30.7 Å². The zero-order valence-corrected chi connectivity index (χ0v) is 10.4. The Hall–Kier alpha value is -2.40. The van der Waals surface area contributed by atoms with Crippen LogP contribution in [-0.4, -0.2) is 16.0 Å². The molecule has 2 rings (SSSR count). The molecule has 5 heteroatoms. The molecule has 0 aliphatic heterocycles. The Morgan fingerprint density at radius 3 is 2.53 bits per heavy atom. The van der Waals surface area contributed by atoms with Gasteiger partial charge in [0.05, 0.1) is 6.10 Å². The molecule has 0 aliphatic carbocycles. The Balaban J connectivity index is 2.13. The first kappa shape index (κ1) is 13.0. The van der Waals surface area contributed by atoms with E-state index in [1.54, 1.807) is 31.2 Å². The minimum atomic E-state index is -0.544. The van der Waals surface area contributed by atoms with Gasteiger partial charge in [0.15, 0.2) is 0 Å². The summed E-state index contributed by atoms with van der Waals surface area (Å²) < 4.78 is 0. The van der Waals surface area contributed by atoms with Crippen LogP contribution in [0.15, 0.2) is 47.4 Å². The molecule has 1 aromatic heterocycles. The van der Waals surface area contributed by atoms with Crippen LogP contribution in [0.2, 0.25) is 0 Å². The number of aromatic amines is 1. The summed E-state index contributed by atoms with van der Waals surface area (Å²) in [7, 11) is 0. The van der Waals surface area contributed by atoms with Crippen molar-refractivity contribution in [3.05, 3.63) is 64.1 Å². The SMILES string of the molecule is CC(O)c1ccc(NC(=O)c2cc[nH]c(=O)c2)cc1. The van der Waals surface area contributed by atoms with E-state index in [0.29, 0.717) is 11.3 Å². The number of benzene rings is 1. The van der Waals surface area contributed by atoms with Gasteiger partial charge in [-0.15, -0.1) is 0 Å². The number of pyridine rings is 1. The number of aromatic nitrogens is 1. The summed E-state index contributed by atoms with van der Waals surface area (Å²) in [5.41, 5.74) is 1.35. The number of aliphatic hydroxyl groups excluding tert-OH is 1.